The molecular weight excluding hydrogens is 162 g/mol. The van der Waals surface area contributed by atoms with Crippen molar-refractivity contribution in [2.45, 2.75) is 42.9 Å². The molecule has 0 unspecified atom stereocenters. The lowest BCUT2D eigenvalue weighted by molar-refractivity contribution is -0.153. The number of aliphatic hydroxyl groups is 4. The first-order valence-corrected chi connectivity index (χ1v) is 4.07. The van der Waals surface area contributed by atoms with Gasteiger partial charge in [0.1, 0.15) is 11.8 Å². The summed E-state index contributed by atoms with van der Waals surface area (Å²) in [5, 5.41) is 40.3. The molecule has 5 heteroatoms. The van der Waals surface area contributed by atoms with Crippen LogP contribution in [0.4, 0.5) is 0 Å². The highest BCUT2D eigenvalue weighted by Crippen LogP contribution is 2.34. The topological polar surface area (TPSA) is 93.0 Å². The van der Waals surface area contributed by atoms with Gasteiger partial charge in [-0.1, -0.05) is 0 Å². The van der Waals surface area contributed by atoms with E-state index < -0.39 is 24.0 Å². The summed E-state index contributed by atoms with van der Waals surface area (Å²) in [6, 6.07) is -0.298. The zero-order valence-corrected chi connectivity index (χ0v) is 6.51. The molecule has 70 valence electrons. The van der Waals surface area contributed by atoms with E-state index in [2.05, 4.69) is 5.32 Å². The summed E-state index contributed by atoms with van der Waals surface area (Å²) in [5.74, 6) is 0. The lowest BCUT2D eigenvalue weighted by atomic mass is 9.96. The van der Waals surface area contributed by atoms with Gasteiger partial charge >= 0.3 is 0 Å². The predicted octanol–water partition coefficient (Wildman–Crippen LogP) is -2.48. The zero-order valence-electron chi connectivity index (χ0n) is 6.51. The van der Waals surface area contributed by atoms with E-state index in [-0.39, 0.29) is 18.9 Å². The van der Waals surface area contributed by atoms with Gasteiger partial charge in [0.15, 0.2) is 0 Å². The first kappa shape index (κ1) is 8.40. The molecule has 0 spiro atoms. The fraction of sp³-hybridized carbons (Fsp3) is 1.00. The fourth-order valence-electron chi connectivity index (χ4n) is 2.07. The largest absolute Gasteiger partial charge is 0.391 e. The molecule has 0 aliphatic carbocycles. The third-order valence-corrected chi connectivity index (χ3v) is 2.77. The number of rotatable bonds is 0. The Labute approximate surface area is 69.6 Å². The third-order valence-electron chi connectivity index (χ3n) is 2.77. The van der Waals surface area contributed by atoms with Crippen LogP contribution in [0.2, 0.25) is 0 Å². The second kappa shape index (κ2) is 2.40. The van der Waals surface area contributed by atoms with E-state index in [9.17, 15) is 20.4 Å². The van der Waals surface area contributed by atoms with Gasteiger partial charge in [-0.2, -0.15) is 0 Å². The second-order valence-electron chi connectivity index (χ2n) is 3.69. The summed E-state index contributed by atoms with van der Waals surface area (Å²) in [4.78, 5) is 0. The Bertz CT molecular complexity index is 196. The molecule has 2 bridgehead atoms. The lowest BCUT2D eigenvalue weighted by Gasteiger charge is -2.37. The quantitative estimate of drug-likeness (QED) is 0.281. The Balaban J connectivity index is 2.24. The van der Waals surface area contributed by atoms with Crippen molar-refractivity contribution in [1.29, 1.82) is 0 Å². The molecule has 2 saturated heterocycles. The van der Waals surface area contributed by atoms with Crippen molar-refractivity contribution in [2.24, 2.45) is 0 Å². The minimum absolute atomic E-state index is 0.0793. The van der Waals surface area contributed by atoms with Crippen molar-refractivity contribution >= 4 is 0 Å². The van der Waals surface area contributed by atoms with Gasteiger partial charge in [-0.05, 0) is 6.42 Å². The molecule has 5 atom stereocenters. The van der Waals surface area contributed by atoms with Gasteiger partial charge in [0.25, 0.3) is 0 Å². The van der Waals surface area contributed by atoms with Gasteiger partial charge in [0, 0.05) is 12.5 Å². The fourth-order valence-corrected chi connectivity index (χ4v) is 2.07. The monoisotopic (exact) mass is 175 g/mol. The molecule has 0 aromatic heterocycles. The van der Waals surface area contributed by atoms with Crippen LogP contribution < -0.4 is 5.32 Å². The van der Waals surface area contributed by atoms with E-state index in [0.29, 0.717) is 0 Å². The predicted molar refractivity (Wildman–Crippen MR) is 39.1 cm³/mol. The van der Waals surface area contributed by atoms with Crippen molar-refractivity contribution in [2.75, 3.05) is 0 Å². The second-order valence-corrected chi connectivity index (χ2v) is 3.69. The Kier molecular flexibility index (Phi) is 1.68. The Morgan fingerprint density at radius 1 is 1.17 bits per heavy atom. The molecule has 2 aliphatic heterocycles. The van der Waals surface area contributed by atoms with Crippen LogP contribution in [0.3, 0.4) is 0 Å². The summed E-state index contributed by atoms with van der Waals surface area (Å²) in [6.07, 6.45) is -2.47. The molecular formula is C7H13NO4. The number of piperidine rings is 1. The van der Waals surface area contributed by atoms with E-state index in [1.165, 1.54) is 0 Å². The summed E-state index contributed by atoms with van der Waals surface area (Å²) in [7, 11) is 0. The van der Waals surface area contributed by atoms with E-state index in [4.69, 9.17) is 0 Å². The SMILES string of the molecule is O[C@@H]1C[C@]2(O)N[C@H]1C[C@@H](O)[C@H]2O. The van der Waals surface area contributed by atoms with E-state index >= 15 is 0 Å². The van der Waals surface area contributed by atoms with Crippen LogP contribution in [-0.2, 0) is 0 Å². The molecule has 0 radical (unpaired) electrons. The number of fused-ring (bicyclic) bond motifs is 2. The van der Waals surface area contributed by atoms with Crippen LogP contribution in [-0.4, -0.2) is 50.5 Å². The maximum Gasteiger partial charge on any atom is 0.147 e. The Hall–Kier alpha value is -0.200. The van der Waals surface area contributed by atoms with Gasteiger partial charge in [-0.15, -0.1) is 0 Å². The maximum absolute atomic E-state index is 9.65. The molecule has 2 heterocycles. The standard InChI is InChI=1S/C7H13NO4/c9-4-1-3-5(10)2-7(12,8-3)6(4)11/h3-6,8-12H,1-2H2/t3-,4+,5+,6+,7+/m0/s1. The molecule has 12 heavy (non-hydrogen) atoms. The average molecular weight is 175 g/mol. The van der Waals surface area contributed by atoms with Crippen LogP contribution in [0.1, 0.15) is 12.8 Å². The average Bonchev–Trinajstić information content (AvgIpc) is 2.22. The van der Waals surface area contributed by atoms with Gasteiger partial charge in [0.2, 0.25) is 0 Å². The number of hydrogen-bond acceptors (Lipinski definition) is 5. The molecule has 2 fully saturated rings. The summed E-state index contributed by atoms with van der Waals surface area (Å²) in [5.41, 5.74) is -1.50. The lowest BCUT2D eigenvalue weighted by Crippen LogP contribution is -2.61. The third kappa shape index (κ3) is 0.982. The highest BCUT2D eigenvalue weighted by molar-refractivity contribution is 5.07. The first-order chi connectivity index (χ1) is 5.53. The molecule has 0 saturated carbocycles. The summed E-state index contributed by atoms with van der Waals surface area (Å²) >= 11 is 0. The smallest absolute Gasteiger partial charge is 0.147 e. The van der Waals surface area contributed by atoms with Crippen LogP contribution in [0.5, 0.6) is 0 Å². The molecule has 5 N–H and O–H groups in total. The van der Waals surface area contributed by atoms with Crippen molar-refractivity contribution < 1.29 is 20.4 Å². The van der Waals surface area contributed by atoms with Crippen molar-refractivity contribution in [1.82, 2.24) is 5.32 Å². The maximum atomic E-state index is 9.65. The molecule has 0 amide bonds. The molecule has 2 aliphatic rings. The summed E-state index contributed by atoms with van der Waals surface area (Å²) < 4.78 is 0. The number of aliphatic hydroxyl groups excluding tert-OH is 3. The zero-order chi connectivity index (χ0) is 8.93. The van der Waals surface area contributed by atoms with Crippen molar-refractivity contribution in [3.63, 3.8) is 0 Å². The van der Waals surface area contributed by atoms with Crippen LogP contribution >= 0.6 is 0 Å². The van der Waals surface area contributed by atoms with Crippen LogP contribution in [0.25, 0.3) is 0 Å². The summed E-state index contributed by atoms with van der Waals surface area (Å²) in [6.45, 7) is 0. The van der Waals surface area contributed by atoms with E-state index in [1.54, 1.807) is 0 Å². The molecule has 0 aromatic carbocycles. The molecule has 5 nitrogen and oxygen atoms in total. The first-order valence-electron chi connectivity index (χ1n) is 4.07. The van der Waals surface area contributed by atoms with Crippen molar-refractivity contribution in [3.8, 4) is 0 Å². The number of nitrogens with one attached hydrogen (secondary N) is 1. The normalized spacial score (nSPS) is 59.0. The van der Waals surface area contributed by atoms with Gasteiger partial charge in [-0.25, -0.2) is 0 Å². The highest BCUT2D eigenvalue weighted by Gasteiger charge is 2.54. The minimum atomic E-state index is -1.50. The van der Waals surface area contributed by atoms with Crippen molar-refractivity contribution in [3.05, 3.63) is 0 Å². The Morgan fingerprint density at radius 2 is 1.83 bits per heavy atom. The minimum Gasteiger partial charge on any atom is -0.391 e. The van der Waals surface area contributed by atoms with E-state index in [1.807, 2.05) is 0 Å². The molecule has 2 rings (SSSR count). The van der Waals surface area contributed by atoms with Gasteiger partial charge in [-0.3, -0.25) is 5.32 Å². The molecule has 0 aromatic rings. The number of hydrogen-bond donors (Lipinski definition) is 5. The van der Waals surface area contributed by atoms with Gasteiger partial charge in [0.05, 0.1) is 12.2 Å². The highest BCUT2D eigenvalue weighted by atomic mass is 16.4. The van der Waals surface area contributed by atoms with Gasteiger partial charge < -0.3 is 20.4 Å². The van der Waals surface area contributed by atoms with Crippen LogP contribution in [0, 0.1) is 0 Å². The van der Waals surface area contributed by atoms with Crippen LogP contribution in [0.15, 0.2) is 0 Å². The Morgan fingerprint density at radius 3 is 2.50 bits per heavy atom. The van der Waals surface area contributed by atoms with E-state index in [0.717, 1.165) is 0 Å².